The highest BCUT2D eigenvalue weighted by Gasteiger charge is 2.28. The van der Waals surface area contributed by atoms with Gasteiger partial charge in [-0.05, 0) is 31.4 Å². The Morgan fingerprint density at radius 3 is 3.00 bits per heavy atom. The minimum absolute atomic E-state index is 0.0294. The summed E-state index contributed by atoms with van der Waals surface area (Å²) in [6, 6.07) is 3.56. The fourth-order valence-corrected chi connectivity index (χ4v) is 3.40. The van der Waals surface area contributed by atoms with Gasteiger partial charge >= 0.3 is 0 Å². The molecule has 0 amide bonds. The Balaban J connectivity index is 1.85. The molecule has 2 atom stereocenters. The van der Waals surface area contributed by atoms with E-state index in [2.05, 4.69) is 9.97 Å². The van der Waals surface area contributed by atoms with Crippen molar-refractivity contribution in [2.45, 2.75) is 57.6 Å². The molecule has 0 saturated carbocycles. The van der Waals surface area contributed by atoms with Crippen molar-refractivity contribution in [1.29, 1.82) is 0 Å². The van der Waals surface area contributed by atoms with Gasteiger partial charge in [0.05, 0.1) is 12.0 Å². The van der Waals surface area contributed by atoms with Crippen LogP contribution in [0.25, 0.3) is 0 Å². The van der Waals surface area contributed by atoms with Crippen LogP contribution < -0.4 is 4.90 Å². The Kier molecular flexibility index (Phi) is 5.45. The number of anilines is 1. The largest absolute Gasteiger partial charge is 0.467 e. The van der Waals surface area contributed by atoms with Crippen LogP contribution in [0.15, 0.2) is 29.1 Å². The summed E-state index contributed by atoms with van der Waals surface area (Å²) in [5.41, 5.74) is 0.439. The van der Waals surface area contributed by atoms with E-state index in [4.69, 9.17) is 4.42 Å². The number of hydrogen-bond donors (Lipinski definition) is 1. The number of furan rings is 1. The standard InChI is InChI=1S/C18H24FN3O2/c1-2-14-17(19)18(21-12-20-14)22-9-5-3-4-7-13(22)11-15(23)16-8-6-10-24-16/h6,8,10,12-13,15,23H,2-5,7,9,11H2,1H3. The second-order valence-electron chi connectivity index (χ2n) is 6.27. The quantitative estimate of drug-likeness (QED) is 0.905. The van der Waals surface area contributed by atoms with Gasteiger partial charge in [0, 0.05) is 19.0 Å². The van der Waals surface area contributed by atoms with Crippen molar-refractivity contribution in [2.75, 3.05) is 11.4 Å². The van der Waals surface area contributed by atoms with Crippen LogP contribution in [0.1, 0.15) is 56.6 Å². The van der Waals surface area contributed by atoms with Gasteiger partial charge in [0.2, 0.25) is 0 Å². The average Bonchev–Trinajstić information content (AvgIpc) is 3.04. The highest BCUT2D eigenvalue weighted by Crippen LogP contribution is 2.31. The van der Waals surface area contributed by atoms with Crippen molar-refractivity contribution < 1.29 is 13.9 Å². The van der Waals surface area contributed by atoms with Gasteiger partial charge < -0.3 is 14.4 Å². The number of hydrogen-bond acceptors (Lipinski definition) is 5. The summed E-state index contributed by atoms with van der Waals surface area (Å²) in [4.78, 5) is 10.2. The smallest absolute Gasteiger partial charge is 0.187 e. The van der Waals surface area contributed by atoms with Gasteiger partial charge in [-0.3, -0.25) is 0 Å². The number of aliphatic hydroxyl groups excluding tert-OH is 1. The SMILES string of the molecule is CCc1ncnc(N2CCCCCC2CC(O)c2ccco2)c1F. The maximum Gasteiger partial charge on any atom is 0.187 e. The van der Waals surface area contributed by atoms with Crippen LogP contribution in [-0.4, -0.2) is 27.7 Å². The summed E-state index contributed by atoms with van der Waals surface area (Å²) >= 11 is 0. The van der Waals surface area contributed by atoms with Crippen molar-refractivity contribution in [1.82, 2.24) is 9.97 Å². The molecule has 3 rings (SSSR count). The number of aryl methyl sites for hydroxylation is 1. The Morgan fingerprint density at radius 1 is 1.38 bits per heavy atom. The fraction of sp³-hybridized carbons (Fsp3) is 0.556. The molecular formula is C18H24FN3O2. The van der Waals surface area contributed by atoms with Crippen LogP contribution in [0, 0.1) is 5.82 Å². The van der Waals surface area contributed by atoms with Gasteiger partial charge in [-0.25, -0.2) is 14.4 Å². The minimum atomic E-state index is -0.693. The molecule has 2 aromatic rings. The van der Waals surface area contributed by atoms with E-state index in [0.29, 0.717) is 30.1 Å². The fourth-order valence-electron chi connectivity index (χ4n) is 3.40. The highest BCUT2D eigenvalue weighted by molar-refractivity contribution is 5.42. The molecule has 5 nitrogen and oxygen atoms in total. The monoisotopic (exact) mass is 333 g/mol. The lowest BCUT2D eigenvalue weighted by Gasteiger charge is -2.32. The average molecular weight is 333 g/mol. The van der Waals surface area contributed by atoms with Gasteiger partial charge in [0.25, 0.3) is 0 Å². The molecule has 0 bridgehead atoms. The molecule has 24 heavy (non-hydrogen) atoms. The Hall–Kier alpha value is -1.95. The first kappa shape index (κ1) is 16.9. The molecule has 2 aromatic heterocycles. The second kappa shape index (κ2) is 7.75. The number of aliphatic hydroxyl groups is 1. The van der Waals surface area contributed by atoms with Crippen molar-refractivity contribution in [3.63, 3.8) is 0 Å². The van der Waals surface area contributed by atoms with Crippen LogP contribution >= 0.6 is 0 Å². The van der Waals surface area contributed by atoms with E-state index >= 15 is 0 Å². The molecule has 0 spiro atoms. The lowest BCUT2D eigenvalue weighted by Crippen LogP contribution is -2.37. The summed E-state index contributed by atoms with van der Waals surface area (Å²) in [6.45, 7) is 2.63. The van der Waals surface area contributed by atoms with Crippen LogP contribution in [0.3, 0.4) is 0 Å². The van der Waals surface area contributed by atoms with E-state index in [1.54, 1.807) is 18.4 Å². The summed E-state index contributed by atoms with van der Waals surface area (Å²) < 4.78 is 20.0. The third-order valence-electron chi connectivity index (χ3n) is 4.69. The molecule has 0 aliphatic carbocycles. The molecule has 0 radical (unpaired) electrons. The molecule has 1 saturated heterocycles. The normalized spacial score (nSPS) is 20.0. The summed E-state index contributed by atoms with van der Waals surface area (Å²) in [7, 11) is 0. The molecule has 1 fully saturated rings. The molecule has 1 aliphatic rings. The van der Waals surface area contributed by atoms with Gasteiger partial charge in [-0.2, -0.15) is 0 Å². The van der Waals surface area contributed by atoms with Crippen molar-refractivity contribution in [3.8, 4) is 0 Å². The van der Waals surface area contributed by atoms with Gasteiger partial charge in [-0.15, -0.1) is 0 Å². The molecule has 0 aromatic carbocycles. The molecule has 1 N–H and O–H groups in total. The Bertz CT molecular complexity index is 648. The minimum Gasteiger partial charge on any atom is -0.467 e. The van der Waals surface area contributed by atoms with Crippen LogP contribution in [0.2, 0.25) is 0 Å². The second-order valence-corrected chi connectivity index (χ2v) is 6.27. The van der Waals surface area contributed by atoms with E-state index in [1.807, 2.05) is 11.8 Å². The Morgan fingerprint density at radius 2 is 2.25 bits per heavy atom. The zero-order chi connectivity index (χ0) is 16.9. The van der Waals surface area contributed by atoms with Crippen molar-refractivity contribution in [3.05, 3.63) is 42.0 Å². The predicted molar refractivity (Wildman–Crippen MR) is 89.3 cm³/mol. The molecule has 2 unspecified atom stereocenters. The molecule has 3 heterocycles. The zero-order valence-corrected chi connectivity index (χ0v) is 14.0. The van der Waals surface area contributed by atoms with Crippen molar-refractivity contribution >= 4 is 5.82 Å². The third kappa shape index (κ3) is 3.59. The van der Waals surface area contributed by atoms with E-state index in [1.165, 1.54) is 6.33 Å². The maximum absolute atomic E-state index is 14.7. The molecule has 1 aliphatic heterocycles. The first-order valence-electron chi connectivity index (χ1n) is 8.68. The number of rotatable bonds is 5. The lowest BCUT2D eigenvalue weighted by molar-refractivity contribution is 0.129. The molecule has 130 valence electrons. The number of aromatic nitrogens is 2. The predicted octanol–water partition coefficient (Wildman–Crippen LogP) is 3.64. The lowest BCUT2D eigenvalue weighted by atomic mass is 10.0. The molecule has 6 heteroatoms. The van der Waals surface area contributed by atoms with E-state index in [-0.39, 0.29) is 11.9 Å². The Labute approximate surface area is 141 Å². The summed E-state index contributed by atoms with van der Waals surface area (Å²) in [6.07, 6.45) is 7.41. The summed E-state index contributed by atoms with van der Waals surface area (Å²) in [5, 5.41) is 10.4. The summed E-state index contributed by atoms with van der Waals surface area (Å²) in [5.74, 6) is 0.580. The van der Waals surface area contributed by atoms with Gasteiger partial charge in [0.1, 0.15) is 18.2 Å². The van der Waals surface area contributed by atoms with Gasteiger partial charge in [-0.1, -0.05) is 19.8 Å². The van der Waals surface area contributed by atoms with E-state index < -0.39 is 6.10 Å². The van der Waals surface area contributed by atoms with E-state index in [0.717, 1.165) is 32.2 Å². The van der Waals surface area contributed by atoms with Crippen LogP contribution in [-0.2, 0) is 6.42 Å². The van der Waals surface area contributed by atoms with Crippen molar-refractivity contribution in [2.24, 2.45) is 0 Å². The van der Waals surface area contributed by atoms with Gasteiger partial charge in [0.15, 0.2) is 11.6 Å². The first-order chi connectivity index (χ1) is 11.7. The maximum atomic E-state index is 14.7. The number of nitrogens with zero attached hydrogens (tertiary/aromatic N) is 3. The number of halogens is 1. The topological polar surface area (TPSA) is 62.4 Å². The third-order valence-corrected chi connectivity index (χ3v) is 4.69. The van der Waals surface area contributed by atoms with Crippen LogP contribution in [0.5, 0.6) is 0 Å². The van der Waals surface area contributed by atoms with E-state index in [9.17, 15) is 9.50 Å². The molecular weight excluding hydrogens is 309 g/mol. The van der Waals surface area contributed by atoms with Crippen LogP contribution in [0.4, 0.5) is 10.2 Å². The zero-order valence-electron chi connectivity index (χ0n) is 14.0. The first-order valence-corrected chi connectivity index (χ1v) is 8.68. The highest BCUT2D eigenvalue weighted by atomic mass is 19.1.